The average Bonchev–Trinajstić information content (AvgIpc) is 3.28. The standard InChI is InChI=1S/C18H19N5S/c1-12-16-8-14(9-22(16)7-6-20-12)17-11-23-10-15(21-18(23)24-17)13-2-4-19-5-3-13/h6-11,13,19H,2-5H2,1H3. The molecule has 5 heterocycles. The zero-order chi connectivity index (χ0) is 16.1. The summed E-state index contributed by atoms with van der Waals surface area (Å²) in [6.45, 7) is 4.25. The zero-order valence-electron chi connectivity index (χ0n) is 13.6. The minimum Gasteiger partial charge on any atom is -0.320 e. The summed E-state index contributed by atoms with van der Waals surface area (Å²) in [4.78, 5) is 11.6. The highest BCUT2D eigenvalue weighted by atomic mass is 32.1. The molecule has 1 aliphatic heterocycles. The van der Waals surface area contributed by atoms with Crippen molar-refractivity contribution in [3.05, 3.63) is 48.4 Å². The van der Waals surface area contributed by atoms with E-state index in [1.807, 2.05) is 19.3 Å². The Labute approximate surface area is 144 Å². The van der Waals surface area contributed by atoms with Gasteiger partial charge in [-0.25, -0.2) is 4.98 Å². The smallest absolute Gasteiger partial charge is 0.194 e. The lowest BCUT2D eigenvalue weighted by atomic mass is 9.95. The van der Waals surface area contributed by atoms with Crippen LogP contribution in [0.4, 0.5) is 0 Å². The van der Waals surface area contributed by atoms with Gasteiger partial charge in [0, 0.05) is 42.5 Å². The molecule has 0 unspecified atom stereocenters. The first-order valence-corrected chi connectivity index (χ1v) is 9.22. The fourth-order valence-electron chi connectivity index (χ4n) is 3.57. The summed E-state index contributed by atoms with van der Waals surface area (Å²) < 4.78 is 4.32. The van der Waals surface area contributed by atoms with Gasteiger partial charge in [-0.3, -0.25) is 9.38 Å². The van der Waals surface area contributed by atoms with Crippen LogP contribution in [0.2, 0.25) is 0 Å². The van der Waals surface area contributed by atoms with Crippen LogP contribution in [0.25, 0.3) is 20.9 Å². The molecule has 6 heteroatoms. The fourth-order valence-corrected chi connectivity index (χ4v) is 4.53. The Bertz CT molecular complexity index is 987. The molecule has 1 fully saturated rings. The van der Waals surface area contributed by atoms with E-state index in [1.54, 1.807) is 11.3 Å². The minimum atomic E-state index is 0.604. The molecule has 1 saturated heterocycles. The maximum atomic E-state index is 4.89. The molecule has 5 nitrogen and oxygen atoms in total. The first kappa shape index (κ1) is 14.2. The molecule has 5 rings (SSSR count). The first-order chi connectivity index (χ1) is 11.8. The molecule has 0 aromatic carbocycles. The molecule has 4 aromatic rings. The molecule has 0 aliphatic carbocycles. The number of nitrogens with zero attached hydrogens (tertiary/aromatic N) is 4. The van der Waals surface area contributed by atoms with E-state index in [1.165, 1.54) is 29.0 Å². The van der Waals surface area contributed by atoms with Gasteiger partial charge in [-0.1, -0.05) is 11.3 Å². The van der Waals surface area contributed by atoms with Gasteiger partial charge in [0.15, 0.2) is 4.96 Å². The molecule has 0 spiro atoms. The SMILES string of the molecule is Cc1nccn2cc(-c3cn4cc(C5CCNCC5)nc4s3)cc12. The zero-order valence-corrected chi connectivity index (χ0v) is 14.4. The van der Waals surface area contributed by atoms with E-state index in [2.05, 4.69) is 43.8 Å². The second-order valence-corrected chi connectivity index (χ2v) is 7.52. The van der Waals surface area contributed by atoms with Crippen molar-refractivity contribution < 1.29 is 0 Å². The number of thiazole rings is 1. The maximum Gasteiger partial charge on any atom is 0.194 e. The van der Waals surface area contributed by atoms with Crippen molar-refractivity contribution in [2.24, 2.45) is 0 Å². The molecule has 1 aliphatic rings. The number of aromatic nitrogens is 4. The summed E-state index contributed by atoms with van der Waals surface area (Å²) in [5.41, 5.74) is 4.69. The van der Waals surface area contributed by atoms with Gasteiger partial charge >= 0.3 is 0 Å². The van der Waals surface area contributed by atoms with Crippen molar-refractivity contribution in [2.45, 2.75) is 25.7 Å². The van der Waals surface area contributed by atoms with E-state index in [0.29, 0.717) is 5.92 Å². The highest BCUT2D eigenvalue weighted by molar-refractivity contribution is 7.20. The Hall–Kier alpha value is -2.18. The Morgan fingerprint density at radius 2 is 2.04 bits per heavy atom. The van der Waals surface area contributed by atoms with Gasteiger partial charge < -0.3 is 9.72 Å². The number of hydrogen-bond acceptors (Lipinski definition) is 4. The Morgan fingerprint density at radius 3 is 2.83 bits per heavy atom. The highest BCUT2D eigenvalue weighted by Crippen LogP contribution is 2.32. The van der Waals surface area contributed by atoms with Crippen LogP contribution in [-0.2, 0) is 0 Å². The van der Waals surface area contributed by atoms with Gasteiger partial charge in [0.2, 0.25) is 0 Å². The molecule has 0 saturated carbocycles. The fraction of sp³-hybridized carbons (Fsp3) is 0.333. The lowest BCUT2D eigenvalue weighted by Crippen LogP contribution is -2.26. The molecule has 0 radical (unpaired) electrons. The summed E-state index contributed by atoms with van der Waals surface area (Å²) in [5.74, 6) is 0.604. The molecule has 4 aromatic heterocycles. The third-order valence-corrected chi connectivity index (χ3v) is 5.98. The van der Waals surface area contributed by atoms with E-state index in [4.69, 9.17) is 4.98 Å². The number of aryl methyl sites for hydroxylation is 1. The van der Waals surface area contributed by atoms with Crippen molar-refractivity contribution in [3.8, 4) is 10.4 Å². The summed E-state index contributed by atoms with van der Waals surface area (Å²) in [6.07, 6.45) is 12.8. The van der Waals surface area contributed by atoms with Crippen LogP contribution in [-0.4, -0.2) is 31.9 Å². The average molecular weight is 337 g/mol. The van der Waals surface area contributed by atoms with Crippen molar-refractivity contribution in [2.75, 3.05) is 13.1 Å². The Morgan fingerprint density at radius 1 is 1.17 bits per heavy atom. The number of piperidine rings is 1. The van der Waals surface area contributed by atoms with E-state index < -0.39 is 0 Å². The first-order valence-electron chi connectivity index (χ1n) is 8.41. The van der Waals surface area contributed by atoms with Gasteiger partial charge in [-0.2, -0.15) is 0 Å². The largest absolute Gasteiger partial charge is 0.320 e. The monoisotopic (exact) mass is 337 g/mol. The molecular weight excluding hydrogens is 318 g/mol. The van der Waals surface area contributed by atoms with Crippen LogP contribution >= 0.6 is 11.3 Å². The molecule has 0 amide bonds. The van der Waals surface area contributed by atoms with Crippen LogP contribution in [0.1, 0.15) is 30.1 Å². The van der Waals surface area contributed by atoms with Crippen molar-refractivity contribution in [3.63, 3.8) is 0 Å². The molecule has 122 valence electrons. The van der Waals surface area contributed by atoms with E-state index in [9.17, 15) is 0 Å². The summed E-state index contributed by atoms with van der Waals surface area (Å²) in [6, 6.07) is 2.21. The quantitative estimate of drug-likeness (QED) is 0.609. The number of nitrogens with one attached hydrogen (secondary N) is 1. The minimum absolute atomic E-state index is 0.604. The number of rotatable bonds is 2. The third-order valence-electron chi connectivity index (χ3n) is 4.93. The van der Waals surface area contributed by atoms with Gasteiger partial charge in [-0.15, -0.1) is 0 Å². The van der Waals surface area contributed by atoms with Gasteiger partial charge in [0.05, 0.1) is 21.8 Å². The van der Waals surface area contributed by atoms with Crippen LogP contribution < -0.4 is 5.32 Å². The molecule has 0 atom stereocenters. The van der Waals surface area contributed by atoms with Crippen LogP contribution in [0.15, 0.2) is 37.1 Å². The molecule has 1 N–H and O–H groups in total. The van der Waals surface area contributed by atoms with Crippen molar-refractivity contribution in [1.82, 2.24) is 24.1 Å². The van der Waals surface area contributed by atoms with Gasteiger partial charge in [0.25, 0.3) is 0 Å². The number of hydrogen-bond donors (Lipinski definition) is 1. The summed E-state index contributed by atoms with van der Waals surface area (Å²) >= 11 is 1.76. The summed E-state index contributed by atoms with van der Waals surface area (Å²) in [5, 5.41) is 3.42. The Kier molecular flexibility index (Phi) is 3.21. The third kappa shape index (κ3) is 2.25. The molecular formula is C18H19N5S. The predicted octanol–water partition coefficient (Wildman–Crippen LogP) is 3.49. The van der Waals surface area contributed by atoms with Crippen LogP contribution in [0, 0.1) is 6.92 Å². The second-order valence-electron chi connectivity index (χ2n) is 6.51. The predicted molar refractivity (Wildman–Crippen MR) is 96.8 cm³/mol. The Balaban J connectivity index is 1.52. The van der Waals surface area contributed by atoms with Crippen LogP contribution in [0.3, 0.4) is 0 Å². The lowest BCUT2D eigenvalue weighted by Gasteiger charge is -2.20. The summed E-state index contributed by atoms with van der Waals surface area (Å²) in [7, 11) is 0. The number of imidazole rings is 1. The number of fused-ring (bicyclic) bond motifs is 2. The highest BCUT2D eigenvalue weighted by Gasteiger charge is 2.19. The van der Waals surface area contributed by atoms with Gasteiger partial charge in [-0.05, 0) is 38.9 Å². The molecule has 24 heavy (non-hydrogen) atoms. The van der Waals surface area contributed by atoms with E-state index in [-0.39, 0.29) is 0 Å². The second kappa shape index (κ2) is 5.43. The van der Waals surface area contributed by atoms with Crippen molar-refractivity contribution >= 4 is 21.8 Å². The van der Waals surface area contributed by atoms with Crippen LogP contribution in [0.5, 0.6) is 0 Å². The lowest BCUT2D eigenvalue weighted by molar-refractivity contribution is 0.454. The maximum absolute atomic E-state index is 4.89. The van der Waals surface area contributed by atoms with Crippen molar-refractivity contribution in [1.29, 1.82) is 0 Å². The van der Waals surface area contributed by atoms with E-state index in [0.717, 1.165) is 29.3 Å². The normalized spacial score (nSPS) is 16.4. The van der Waals surface area contributed by atoms with E-state index >= 15 is 0 Å². The van der Waals surface area contributed by atoms with Gasteiger partial charge in [0.1, 0.15) is 0 Å². The molecule has 0 bridgehead atoms. The topological polar surface area (TPSA) is 46.6 Å².